The maximum absolute atomic E-state index is 11.4. The number of carbonyl (C=O) groups is 1. The van der Waals surface area contributed by atoms with Crippen LogP contribution in [0.1, 0.15) is 35.9 Å². The monoisotopic (exact) mass is 219 g/mol. The summed E-state index contributed by atoms with van der Waals surface area (Å²) in [4.78, 5) is 11.4. The van der Waals surface area contributed by atoms with Crippen molar-refractivity contribution < 1.29 is 9.53 Å². The molecule has 0 aromatic carbocycles. The minimum atomic E-state index is -0.356. The molecule has 5 heteroatoms. The van der Waals surface area contributed by atoms with Crippen molar-refractivity contribution in [1.82, 2.24) is 14.6 Å². The van der Waals surface area contributed by atoms with Crippen LogP contribution in [0.2, 0.25) is 0 Å². The Bertz CT molecular complexity index is 531. The lowest BCUT2D eigenvalue weighted by atomic mass is 10.2. The van der Waals surface area contributed by atoms with Gasteiger partial charge in [-0.2, -0.15) is 0 Å². The first kappa shape index (κ1) is 10.6. The van der Waals surface area contributed by atoms with E-state index in [1.165, 1.54) is 7.11 Å². The highest BCUT2D eigenvalue weighted by Gasteiger charge is 2.12. The van der Waals surface area contributed by atoms with E-state index in [9.17, 15) is 4.79 Å². The van der Waals surface area contributed by atoms with Crippen LogP contribution in [0.25, 0.3) is 5.65 Å². The first-order valence-electron chi connectivity index (χ1n) is 5.06. The number of methoxy groups -OCH3 is 1. The smallest absolute Gasteiger partial charge is 0.339 e. The lowest BCUT2D eigenvalue weighted by molar-refractivity contribution is 0.0600. The maximum Gasteiger partial charge on any atom is 0.339 e. The van der Waals surface area contributed by atoms with E-state index in [1.807, 2.05) is 18.2 Å². The molecule has 0 aliphatic carbocycles. The van der Waals surface area contributed by atoms with Crippen molar-refractivity contribution in [2.45, 2.75) is 19.8 Å². The summed E-state index contributed by atoms with van der Waals surface area (Å²) < 4.78 is 6.49. The fourth-order valence-corrected chi connectivity index (χ4v) is 1.54. The minimum absolute atomic E-state index is 0.253. The number of pyridine rings is 1. The van der Waals surface area contributed by atoms with E-state index in [1.54, 1.807) is 18.3 Å². The van der Waals surface area contributed by atoms with E-state index in [0.717, 1.165) is 11.5 Å². The van der Waals surface area contributed by atoms with Gasteiger partial charge < -0.3 is 4.74 Å². The number of rotatable bonds is 2. The molecule has 0 saturated carbocycles. The quantitative estimate of drug-likeness (QED) is 0.720. The van der Waals surface area contributed by atoms with E-state index in [4.69, 9.17) is 0 Å². The number of aromatic nitrogens is 3. The van der Waals surface area contributed by atoms with Crippen molar-refractivity contribution in [3.05, 3.63) is 29.7 Å². The van der Waals surface area contributed by atoms with Gasteiger partial charge in [0, 0.05) is 12.1 Å². The number of hydrogen-bond donors (Lipinski definition) is 0. The van der Waals surface area contributed by atoms with Gasteiger partial charge in [-0.25, -0.2) is 4.79 Å². The van der Waals surface area contributed by atoms with Crippen LogP contribution in [0, 0.1) is 0 Å². The molecule has 0 bridgehead atoms. The Morgan fingerprint density at radius 1 is 1.38 bits per heavy atom. The summed E-state index contributed by atoms with van der Waals surface area (Å²) in [5, 5.41) is 8.11. The van der Waals surface area contributed by atoms with Gasteiger partial charge in [-0.1, -0.05) is 13.8 Å². The first-order valence-corrected chi connectivity index (χ1v) is 5.06. The van der Waals surface area contributed by atoms with Crippen LogP contribution < -0.4 is 0 Å². The van der Waals surface area contributed by atoms with Crippen LogP contribution in [0.4, 0.5) is 0 Å². The number of esters is 1. The molecular formula is C11H13N3O2. The van der Waals surface area contributed by atoms with Crippen LogP contribution in [0.3, 0.4) is 0 Å². The topological polar surface area (TPSA) is 56.5 Å². The summed E-state index contributed by atoms with van der Waals surface area (Å²) in [6.07, 6.45) is 1.70. The van der Waals surface area contributed by atoms with Crippen molar-refractivity contribution in [2.24, 2.45) is 0 Å². The summed E-state index contributed by atoms with van der Waals surface area (Å²) in [5.74, 6) is 0.731. The highest BCUT2D eigenvalue weighted by atomic mass is 16.5. The maximum atomic E-state index is 11.4. The van der Waals surface area contributed by atoms with E-state index in [0.29, 0.717) is 5.56 Å². The molecule has 0 amide bonds. The van der Waals surface area contributed by atoms with Crippen molar-refractivity contribution in [3.63, 3.8) is 0 Å². The van der Waals surface area contributed by atoms with Gasteiger partial charge in [0.2, 0.25) is 0 Å². The predicted molar refractivity (Wildman–Crippen MR) is 58.4 cm³/mol. The number of nitrogens with zero attached hydrogens (tertiary/aromatic N) is 3. The average molecular weight is 219 g/mol. The molecule has 0 radical (unpaired) electrons. The fourth-order valence-electron chi connectivity index (χ4n) is 1.54. The summed E-state index contributed by atoms with van der Waals surface area (Å²) >= 11 is 0. The van der Waals surface area contributed by atoms with Gasteiger partial charge in [-0.3, -0.25) is 4.40 Å². The zero-order valence-electron chi connectivity index (χ0n) is 9.47. The summed E-state index contributed by atoms with van der Waals surface area (Å²) in [5.41, 5.74) is 1.23. The van der Waals surface area contributed by atoms with Crippen LogP contribution in [0.5, 0.6) is 0 Å². The third-order valence-corrected chi connectivity index (χ3v) is 2.37. The van der Waals surface area contributed by atoms with Gasteiger partial charge in [0.1, 0.15) is 5.82 Å². The van der Waals surface area contributed by atoms with Crippen molar-refractivity contribution in [2.75, 3.05) is 7.11 Å². The van der Waals surface area contributed by atoms with Crippen LogP contribution in [-0.2, 0) is 4.74 Å². The van der Waals surface area contributed by atoms with Crippen molar-refractivity contribution in [1.29, 1.82) is 0 Å². The molecule has 2 heterocycles. The Balaban J connectivity index is 2.58. The Hall–Kier alpha value is -1.91. The standard InChI is InChI=1S/C11H13N3O2/c1-7(2)10-13-12-9-5-4-8(6-14(9)10)11(15)16-3/h4-7H,1-3H3. The number of hydrogen-bond acceptors (Lipinski definition) is 4. The molecule has 2 aromatic heterocycles. The zero-order valence-corrected chi connectivity index (χ0v) is 9.47. The zero-order chi connectivity index (χ0) is 11.7. The third-order valence-electron chi connectivity index (χ3n) is 2.37. The normalized spacial score (nSPS) is 11.0. The Kier molecular flexibility index (Phi) is 2.60. The molecule has 0 fully saturated rings. The lowest BCUT2D eigenvalue weighted by Crippen LogP contribution is -2.04. The molecule has 0 atom stereocenters. The fraction of sp³-hybridized carbons (Fsp3) is 0.364. The highest BCUT2D eigenvalue weighted by molar-refractivity contribution is 5.89. The third kappa shape index (κ3) is 1.64. The molecule has 0 saturated heterocycles. The second-order valence-corrected chi connectivity index (χ2v) is 3.85. The Labute approximate surface area is 93.1 Å². The number of carbonyl (C=O) groups excluding carboxylic acids is 1. The van der Waals surface area contributed by atoms with Gasteiger partial charge in [-0.15, -0.1) is 10.2 Å². The second-order valence-electron chi connectivity index (χ2n) is 3.85. The summed E-state index contributed by atoms with van der Waals surface area (Å²) in [6.45, 7) is 4.06. The molecule has 2 rings (SSSR count). The lowest BCUT2D eigenvalue weighted by Gasteiger charge is -2.04. The molecule has 5 nitrogen and oxygen atoms in total. The number of fused-ring (bicyclic) bond motifs is 1. The molecule has 2 aromatic rings. The van der Waals surface area contributed by atoms with Gasteiger partial charge in [0.25, 0.3) is 0 Å². The largest absolute Gasteiger partial charge is 0.465 e. The molecule has 0 unspecified atom stereocenters. The van der Waals surface area contributed by atoms with Crippen LogP contribution >= 0.6 is 0 Å². The van der Waals surface area contributed by atoms with E-state index >= 15 is 0 Å². The van der Waals surface area contributed by atoms with Crippen LogP contribution in [0.15, 0.2) is 18.3 Å². The van der Waals surface area contributed by atoms with Crippen molar-refractivity contribution >= 4 is 11.6 Å². The molecule has 0 aliphatic rings. The van der Waals surface area contributed by atoms with Gasteiger partial charge in [-0.05, 0) is 12.1 Å². The summed E-state index contributed by atoms with van der Waals surface area (Å²) in [6, 6.07) is 3.44. The second kappa shape index (κ2) is 3.92. The molecule has 0 N–H and O–H groups in total. The Morgan fingerprint density at radius 3 is 2.75 bits per heavy atom. The number of ether oxygens (including phenoxy) is 1. The van der Waals surface area contributed by atoms with Gasteiger partial charge in [0.05, 0.1) is 12.7 Å². The molecule has 0 spiro atoms. The van der Waals surface area contributed by atoms with Crippen molar-refractivity contribution in [3.8, 4) is 0 Å². The van der Waals surface area contributed by atoms with Gasteiger partial charge in [0.15, 0.2) is 5.65 Å². The molecular weight excluding hydrogens is 206 g/mol. The molecule has 16 heavy (non-hydrogen) atoms. The molecule has 84 valence electrons. The van der Waals surface area contributed by atoms with Gasteiger partial charge >= 0.3 is 5.97 Å². The minimum Gasteiger partial charge on any atom is -0.465 e. The average Bonchev–Trinajstić information content (AvgIpc) is 2.70. The van der Waals surface area contributed by atoms with E-state index in [-0.39, 0.29) is 11.9 Å². The van der Waals surface area contributed by atoms with E-state index in [2.05, 4.69) is 14.9 Å². The first-order chi connectivity index (χ1) is 7.63. The van der Waals surface area contributed by atoms with Crippen LogP contribution in [-0.4, -0.2) is 27.7 Å². The summed E-state index contributed by atoms with van der Waals surface area (Å²) in [7, 11) is 1.36. The Morgan fingerprint density at radius 2 is 2.12 bits per heavy atom. The highest BCUT2D eigenvalue weighted by Crippen LogP contribution is 2.14. The van der Waals surface area contributed by atoms with E-state index < -0.39 is 0 Å². The predicted octanol–water partition coefficient (Wildman–Crippen LogP) is 1.64. The SMILES string of the molecule is COC(=O)c1ccc2nnc(C(C)C)n2c1. The molecule has 0 aliphatic heterocycles.